The molecule has 24 heavy (non-hydrogen) atoms. The molecule has 0 aromatic carbocycles. The predicted octanol–water partition coefficient (Wildman–Crippen LogP) is 1.65. The van der Waals surface area contributed by atoms with E-state index in [4.69, 9.17) is 14.7 Å². The molecule has 0 aliphatic heterocycles. The highest BCUT2D eigenvalue weighted by atomic mass is 16.5. The van der Waals surface area contributed by atoms with Crippen LogP contribution in [0.1, 0.15) is 29.6 Å². The van der Waals surface area contributed by atoms with E-state index in [1.54, 1.807) is 6.07 Å². The average Bonchev–Trinajstić information content (AvgIpc) is 2.58. The molecule has 2 aromatic heterocycles. The van der Waals surface area contributed by atoms with Gasteiger partial charge < -0.3 is 14.0 Å². The molecule has 3 rings (SSSR count). The van der Waals surface area contributed by atoms with E-state index in [1.807, 2.05) is 0 Å². The zero-order valence-corrected chi connectivity index (χ0v) is 13.3. The zero-order chi connectivity index (χ0) is 17.2. The third-order valence-electron chi connectivity index (χ3n) is 4.37. The first-order chi connectivity index (χ1) is 11.6. The second-order valence-electron chi connectivity index (χ2n) is 5.76. The first-order valence-corrected chi connectivity index (χ1v) is 7.71. The zero-order valence-electron chi connectivity index (χ0n) is 13.3. The number of fused-ring (bicyclic) bond motifs is 1. The van der Waals surface area contributed by atoms with Crippen molar-refractivity contribution in [3.05, 3.63) is 40.6 Å². The SMILES string of the molecule is COC(=O)c1cn(CCOC2(C#N)CCC2)c(=O)c2ccncc12. The summed E-state index contributed by atoms with van der Waals surface area (Å²) in [6.45, 7) is 0.481. The Labute approximate surface area is 138 Å². The van der Waals surface area contributed by atoms with Gasteiger partial charge in [0.2, 0.25) is 0 Å². The van der Waals surface area contributed by atoms with Crippen LogP contribution in [0.4, 0.5) is 0 Å². The maximum Gasteiger partial charge on any atom is 0.340 e. The minimum Gasteiger partial charge on any atom is -0.465 e. The molecular weight excluding hydrogens is 310 g/mol. The van der Waals surface area contributed by atoms with Crippen molar-refractivity contribution < 1.29 is 14.3 Å². The number of aromatic nitrogens is 2. The Hall–Kier alpha value is -2.72. The van der Waals surface area contributed by atoms with Gasteiger partial charge >= 0.3 is 5.97 Å². The third-order valence-corrected chi connectivity index (χ3v) is 4.37. The number of esters is 1. The second-order valence-corrected chi connectivity index (χ2v) is 5.76. The molecule has 0 amide bonds. The second kappa shape index (κ2) is 6.42. The number of ether oxygens (including phenoxy) is 2. The number of pyridine rings is 2. The van der Waals surface area contributed by atoms with Crippen LogP contribution in [-0.2, 0) is 16.0 Å². The van der Waals surface area contributed by atoms with Crippen LogP contribution >= 0.6 is 0 Å². The monoisotopic (exact) mass is 327 g/mol. The Balaban J connectivity index is 1.90. The number of hydrogen-bond donors (Lipinski definition) is 0. The molecule has 2 aromatic rings. The minimum absolute atomic E-state index is 0.227. The lowest BCUT2D eigenvalue weighted by molar-refractivity contribution is -0.0588. The van der Waals surface area contributed by atoms with E-state index < -0.39 is 11.6 Å². The Morgan fingerprint density at radius 1 is 1.46 bits per heavy atom. The summed E-state index contributed by atoms with van der Waals surface area (Å²) < 4.78 is 11.9. The molecule has 1 aliphatic rings. The average molecular weight is 327 g/mol. The van der Waals surface area contributed by atoms with Crippen LogP contribution in [0.2, 0.25) is 0 Å². The van der Waals surface area contributed by atoms with Crippen molar-refractivity contribution in [1.29, 1.82) is 5.26 Å². The van der Waals surface area contributed by atoms with Crippen LogP contribution in [-0.4, -0.2) is 34.8 Å². The maximum atomic E-state index is 12.6. The molecule has 0 saturated heterocycles. The Bertz CT molecular complexity index is 878. The number of methoxy groups -OCH3 is 1. The van der Waals surface area contributed by atoms with Gasteiger partial charge in [-0.1, -0.05) is 0 Å². The minimum atomic E-state index is -0.713. The van der Waals surface area contributed by atoms with Gasteiger partial charge in [0.1, 0.15) is 0 Å². The molecule has 0 N–H and O–H groups in total. The summed E-state index contributed by atoms with van der Waals surface area (Å²) in [5.41, 5.74) is -0.669. The van der Waals surface area contributed by atoms with Gasteiger partial charge in [-0.3, -0.25) is 9.78 Å². The van der Waals surface area contributed by atoms with Crippen LogP contribution in [0.5, 0.6) is 0 Å². The lowest BCUT2D eigenvalue weighted by atomic mass is 9.81. The van der Waals surface area contributed by atoms with E-state index in [-0.39, 0.29) is 24.3 Å². The number of nitriles is 1. The van der Waals surface area contributed by atoms with E-state index >= 15 is 0 Å². The molecule has 0 unspecified atom stereocenters. The first-order valence-electron chi connectivity index (χ1n) is 7.71. The molecule has 0 radical (unpaired) electrons. The predicted molar refractivity (Wildman–Crippen MR) is 85.5 cm³/mol. The highest BCUT2D eigenvalue weighted by Crippen LogP contribution is 2.34. The summed E-state index contributed by atoms with van der Waals surface area (Å²) in [7, 11) is 1.29. The largest absolute Gasteiger partial charge is 0.465 e. The van der Waals surface area contributed by atoms with Crippen molar-refractivity contribution >= 4 is 16.7 Å². The van der Waals surface area contributed by atoms with Crippen LogP contribution in [0, 0.1) is 11.3 Å². The normalized spacial score (nSPS) is 15.5. The number of nitrogens with zero attached hydrogens (tertiary/aromatic N) is 3. The van der Waals surface area contributed by atoms with Crippen molar-refractivity contribution in [3.63, 3.8) is 0 Å². The lowest BCUT2D eigenvalue weighted by Crippen LogP contribution is -2.39. The summed E-state index contributed by atoms with van der Waals surface area (Å²) in [6, 6.07) is 3.77. The summed E-state index contributed by atoms with van der Waals surface area (Å²) in [5.74, 6) is -0.532. The van der Waals surface area contributed by atoms with E-state index in [2.05, 4.69) is 11.1 Å². The number of rotatable bonds is 5. The summed E-state index contributed by atoms with van der Waals surface area (Å²) in [4.78, 5) is 28.5. The topological polar surface area (TPSA) is 94.2 Å². The molecule has 2 heterocycles. The fraction of sp³-hybridized carbons (Fsp3) is 0.412. The van der Waals surface area contributed by atoms with Crippen molar-refractivity contribution in [2.75, 3.05) is 13.7 Å². The van der Waals surface area contributed by atoms with Gasteiger partial charge in [-0.05, 0) is 25.3 Å². The van der Waals surface area contributed by atoms with Crippen molar-refractivity contribution in [3.8, 4) is 6.07 Å². The summed E-state index contributed by atoms with van der Waals surface area (Å²) in [5, 5.41) is 10.0. The van der Waals surface area contributed by atoms with Crippen molar-refractivity contribution in [1.82, 2.24) is 9.55 Å². The Morgan fingerprint density at radius 3 is 2.88 bits per heavy atom. The molecule has 1 fully saturated rings. The van der Waals surface area contributed by atoms with E-state index in [1.165, 1.54) is 30.3 Å². The van der Waals surface area contributed by atoms with Gasteiger partial charge in [-0.25, -0.2) is 4.79 Å². The van der Waals surface area contributed by atoms with Crippen LogP contribution in [0.3, 0.4) is 0 Å². The highest BCUT2D eigenvalue weighted by Gasteiger charge is 2.38. The summed E-state index contributed by atoms with van der Waals surface area (Å²) in [6.07, 6.45) is 6.85. The van der Waals surface area contributed by atoms with Crippen LogP contribution < -0.4 is 5.56 Å². The number of carbonyl (C=O) groups excluding carboxylic acids is 1. The third kappa shape index (κ3) is 2.76. The maximum absolute atomic E-state index is 12.6. The molecular formula is C17H17N3O4. The number of hydrogen-bond acceptors (Lipinski definition) is 6. The number of carbonyl (C=O) groups is 1. The smallest absolute Gasteiger partial charge is 0.340 e. The molecule has 0 atom stereocenters. The van der Waals surface area contributed by atoms with Gasteiger partial charge in [-0.2, -0.15) is 5.26 Å². The molecule has 0 spiro atoms. The van der Waals surface area contributed by atoms with Crippen LogP contribution in [0.25, 0.3) is 10.8 Å². The van der Waals surface area contributed by atoms with Crippen LogP contribution in [0.15, 0.2) is 29.5 Å². The molecule has 1 aliphatic carbocycles. The Kier molecular flexibility index (Phi) is 4.32. The van der Waals surface area contributed by atoms with Crippen molar-refractivity contribution in [2.24, 2.45) is 0 Å². The van der Waals surface area contributed by atoms with Gasteiger partial charge in [-0.15, -0.1) is 0 Å². The first kappa shape index (κ1) is 16.1. The molecule has 124 valence electrons. The standard InChI is InChI=1S/C17H17N3O4/c1-23-16(22)14-10-20(7-8-24-17(11-18)4-2-5-17)15(21)12-3-6-19-9-13(12)14/h3,6,9-10H,2,4-5,7-8H2,1H3. The fourth-order valence-electron chi connectivity index (χ4n) is 2.80. The van der Waals surface area contributed by atoms with E-state index in [0.717, 1.165) is 19.3 Å². The Morgan fingerprint density at radius 2 is 2.25 bits per heavy atom. The quantitative estimate of drug-likeness (QED) is 0.775. The summed E-state index contributed by atoms with van der Waals surface area (Å²) >= 11 is 0. The molecule has 7 nitrogen and oxygen atoms in total. The van der Waals surface area contributed by atoms with Gasteiger partial charge in [0, 0.05) is 30.5 Å². The van der Waals surface area contributed by atoms with E-state index in [0.29, 0.717) is 10.8 Å². The van der Waals surface area contributed by atoms with Gasteiger partial charge in [0.05, 0.1) is 30.7 Å². The van der Waals surface area contributed by atoms with E-state index in [9.17, 15) is 9.59 Å². The fourth-order valence-corrected chi connectivity index (χ4v) is 2.80. The molecule has 1 saturated carbocycles. The molecule has 0 bridgehead atoms. The molecule has 7 heteroatoms. The van der Waals surface area contributed by atoms with Gasteiger partial charge in [0.15, 0.2) is 5.60 Å². The van der Waals surface area contributed by atoms with Gasteiger partial charge in [0.25, 0.3) is 5.56 Å². The van der Waals surface area contributed by atoms with Crippen molar-refractivity contribution in [2.45, 2.75) is 31.4 Å². The highest BCUT2D eigenvalue weighted by molar-refractivity contribution is 6.03. The lowest BCUT2D eigenvalue weighted by Gasteiger charge is -2.34.